The number of fused-ring (bicyclic) bond motifs is 1. The minimum absolute atomic E-state index is 0.168. The number of aromatic nitrogens is 5. The molecule has 0 saturated carbocycles. The van der Waals surface area contributed by atoms with Crippen molar-refractivity contribution < 1.29 is 9.18 Å². The molecule has 1 N–H and O–H groups in total. The number of nitrogens with zero attached hydrogens (tertiary/aromatic N) is 6. The zero-order valence-electron chi connectivity index (χ0n) is 17.7. The summed E-state index contributed by atoms with van der Waals surface area (Å²) in [4.78, 5) is 29.2. The Hall–Kier alpha value is -3.66. The molecular formula is C22H20FN7OS. The quantitative estimate of drug-likeness (QED) is 0.493. The molecule has 1 aliphatic heterocycles. The van der Waals surface area contributed by atoms with Gasteiger partial charge >= 0.3 is 0 Å². The lowest BCUT2D eigenvalue weighted by Gasteiger charge is -2.32. The molecule has 4 heterocycles. The Balaban J connectivity index is 1.43. The summed E-state index contributed by atoms with van der Waals surface area (Å²) < 4.78 is 15.3. The molecule has 32 heavy (non-hydrogen) atoms. The number of rotatable bonds is 5. The first-order valence-corrected chi connectivity index (χ1v) is 10.8. The number of halogens is 1. The minimum Gasteiger partial charge on any atom is -0.323 e. The van der Waals surface area contributed by atoms with Crippen molar-refractivity contribution in [3.8, 4) is 10.7 Å². The van der Waals surface area contributed by atoms with E-state index in [9.17, 15) is 9.18 Å². The third kappa shape index (κ3) is 3.42. The topological polar surface area (TPSA) is 88.8 Å². The fraction of sp³-hybridized carbons (Fsp3) is 0.227. The molecule has 1 amide bonds. The molecule has 5 rings (SSSR count). The summed E-state index contributed by atoms with van der Waals surface area (Å²) in [7, 11) is 1.82. The first-order chi connectivity index (χ1) is 15.3. The molecular weight excluding hydrogens is 429 g/mol. The van der Waals surface area contributed by atoms with Gasteiger partial charge in [0.05, 0.1) is 16.6 Å². The number of aryl methyl sites for hydroxylation is 1. The average Bonchev–Trinajstić information content (AvgIpc) is 3.42. The molecule has 0 unspecified atom stereocenters. The monoisotopic (exact) mass is 449 g/mol. The second-order valence-corrected chi connectivity index (χ2v) is 9.01. The van der Waals surface area contributed by atoms with Crippen LogP contribution in [0.4, 0.5) is 16.2 Å². The van der Waals surface area contributed by atoms with E-state index < -0.39 is 5.54 Å². The highest BCUT2D eigenvalue weighted by Crippen LogP contribution is 2.44. The maximum absolute atomic E-state index is 13.6. The molecule has 3 aromatic heterocycles. The van der Waals surface area contributed by atoms with E-state index in [1.54, 1.807) is 34.1 Å². The molecule has 10 heteroatoms. The molecule has 162 valence electrons. The fourth-order valence-corrected chi connectivity index (χ4v) is 4.87. The summed E-state index contributed by atoms with van der Waals surface area (Å²) in [5.74, 6) is 0.688. The van der Waals surface area contributed by atoms with Crippen LogP contribution in [0.5, 0.6) is 0 Å². The molecule has 8 nitrogen and oxygen atoms in total. The van der Waals surface area contributed by atoms with Crippen LogP contribution in [0.2, 0.25) is 0 Å². The molecule has 1 aromatic carbocycles. The van der Waals surface area contributed by atoms with Gasteiger partial charge in [-0.3, -0.25) is 9.48 Å². The maximum Gasteiger partial charge on any atom is 0.274 e. The van der Waals surface area contributed by atoms with Crippen LogP contribution in [0.3, 0.4) is 0 Å². The standard InChI is InChI=1S/C22H20FN7OS/c1-22(2)18-17(20(31)30(22)12-13-5-4-6-14(23)11-13)28-19(32-18)15-7-9-24-21(26-15)27-16-8-10-25-29(16)3/h4-11H,12H2,1-3H3,(H,24,26,27). The number of amides is 1. The van der Waals surface area contributed by atoms with Crippen LogP contribution in [-0.2, 0) is 19.1 Å². The summed E-state index contributed by atoms with van der Waals surface area (Å²) in [6.45, 7) is 4.27. The summed E-state index contributed by atoms with van der Waals surface area (Å²) in [6.07, 6.45) is 3.33. The van der Waals surface area contributed by atoms with Gasteiger partial charge in [-0.15, -0.1) is 11.3 Å². The van der Waals surface area contributed by atoms with E-state index in [0.29, 0.717) is 28.9 Å². The number of benzene rings is 1. The van der Waals surface area contributed by atoms with E-state index in [0.717, 1.165) is 16.3 Å². The summed E-state index contributed by atoms with van der Waals surface area (Å²) in [5.41, 5.74) is 1.22. The van der Waals surface area contributed by atoms with Crippen LogP contribution < -0.4 is 5.32 Å². The molecule has 0 aliphatic carbocycles. The minimum atomic E-state index is -0.572. The van der Waals surface area contributed by atoms with E-state index in [1.165, 1.54) is 23.5 Å². The maximum atomic E-state index is 13.6. The second kappa shape index (κ2) is 7.49. The molecule has 0 bridgehead atoms. The Labute approximate surface area is 187 Å². The summed E-state index contributed by atoms with van der Waals surface area (Å²) >= 11 is 1.44. The lowest BCUT2D eigenvalue weighted by molar-refractivity contribution is 0.0595. The van der Waals surface area contributed by atoms with Gasteiger partial charge < -0.3 is 10.2 Å². The Morgan fingerprint density at radius 3 is 2.72 bits per heavy atom. The van der Waals surface area contributed by atoms with Gasteiger partial charge in [-0.2, -0.15) is 5.10 Å². The van der Waals surface area contributed by atoms with E-state index in [-0.39, 0.29) is 11.7 Å². The van der Waals surface area contributed by atoms with Gasteiger partial charge in [-0.25, -0.2) is 19.3 Å². The van der Waals surface area contributed by atoms with Crippen molar-refractivity contribution in [2.75, 3.05) is 5.32 Å². The Morgan fingerprint density at radius 1 is 1.16 bits per heavy atom. The number of carbonyl (C=O) groups is 1. The number of anilines is 2. The van der Waals surface area contributed by atoms with Crippen molar-refractivity contribution in [2.45, 2.75) is 25.9 Å². The third-order valence-corrected chi connectivity index (χ3v) is 6.86. The average molecular weight is 450 g/mol. The highest BCUT2D eigenvalue weighted by molar-refractivity contribution is 7.15. The van der Waals surface area contributed by atoms with Gasteiger partial charge in [0.1, 0.15) is 28.0 Å². The van der Waals surface area contributed by atoms with Crippen molar-refractivity contribution in [3.05, 3.63) is 70.7 Å². The van der Waals surface area contributed by atoms with Crippen LogP contribution >= 0.6 is 11.3 Å². The SMILES string of the molecule is Cn1nccc1Nc1nccc(-c2nc3c(s2)C(C)(C)N(Cc2cccc(F)c2)C3=O)n1. The first kappa shape index (κ1) is 20.3. The van der Waals surface area contributed by atoms with Gasteiger partial charge in [-0.1, -0.05) is 12.1 Å². The first-order valence-electron chi connectivity index (χ1n) is 9.99. The van der Waals surface area contributed by atoms with Crippen LogP contribution in [-0.4, -0.2) is 35.5 Å². The van der Waals surface area contributed by atoms with Crippen LogP contribution in [0.25, 0.3) is 10.7 Å². The number of hydrogen-bond donors (Lipinski definition) is 1. The fourth-order valence-electron chi connectivity index (χ4n) is 3.73. The van der Waals surface area contributed by atoms with E-state index in [4.69, 9.17) is 0 Å². The van der Waals surface area contributed by atoms with Crippen LogP contribution in [0.1, 0.15) is 34.8 Å². The largest absolute Gasteiger partial charge is 0.323 e. The zero-order valence-corrected chi connectivity index (χ0v) is 18.5. The Kier molecular flexibility index (Phi) is 4.74. The summed E-state index contributed by atoms with van der Waals surface area (Å²) in [5, 5.41) is 7.89. The molecule has 0 saturated heterocycles. The van der Waals surface area contributed by atoms with E-state index >= 15 is 0 Å². The molecule has 4 aromatic rings. The summed E-state index contributed by atoms with van der Waals surface area (Å²) in [6, 6.07) is 9.90. The van der Waals surface area contributed by atoms with Gasteiger partial charge in [0.2, 0.25) is 5.95 Å². The number of nitrogens with one attached hydrogen (secondary N) is 1. The second-order valence-electron chi connectivity index (χ2n) is 8.01. The molecule has 0 spiro atoms. The van der Waals surface area contributed by atoms with Crippen molar-refractivity contribution in [1.29, 1.82) is 0 Å². The zero-order chi connectivity index (χ0) is 22.5. The van der Waals surface area contributed by atoms with Crippen molar-refractivity contribution in [1.82, 2.24) is 29.6 Å². The van der Waals surface area contributed by atoms with Crippen molar-refractivity contribution in [2.24, 2.45) is 7.05 Å². The number of hydrogen-bond acceptors (Lipinski definition) is 7. The number of carbonyl (C=O) groups excluding carboxylic acids is 1. The van der Waals surface area contributed by atoms with Crippen molar-refractivity contribution >= 4 is 29.0 Å². The Morgan fingerprint density at radius 2 is 2.00 bits per heavy atom. The molecule has 0 radical (unpaired) electrons. The third-order valence-electron chi connectivity index (χ3n) is 5.47. The van der Waals surface area contributed by atoms with E-state index in [1.807, 2.05) is 33.0 Å². The lowest BCUT2D eigenvalue weighted by Crippen LogP contribution is -2.38. The van der Waals surface area contributed by atoms with Gasteiger partial charge in [-0.05, 0) is 37.6 Å². The van der Waals surface area contributed by atoms with Crippen molar-refractivity contribution in [3.63, 3.8) is 0 Å². The predicted octanol–water partition coefficient (Wildman–Crippen LogP) is 4.11. The molecule has 0 fully saturated rings. The highest BCUT2D eigenvalue weighted by atomic mass is 32.1. The molecule has 0 atom stereocenters. The van der Waals surface area contributed by atoms with Gasteiger partial charge in [0, 0.05) is 25.9 Å². The number of thiazole rings is 1. The normalized spacial score (nSPS) is 14.6. The van der Waals surface area contributed by atoms with Gasteiger partial charge in [0.25, 0.3) is 5.91 Å². The smallest absolute Gasteiger partial charge is 0.274 e. The van der Waals surface area contributed by atoms with Crippen LogP contribution in [0.15, 0.2) is 48.8 Å². The Bertz CT molecular complexity index is 1330. The highest BCUT2D eigenvalue weighted by Gasteiger charge is 2.46. The lowest BCUT2D eigenvalue weighted by atomic mass is 10.0. The van der Waals surface area contributed by atoms with Gasteiger partial charge in [0.15, 0.2) is 0 Å². The molecule has 1 aliphatic rings. The predicted molar refractivity (Wildman–Crippen MR) is 119 cm³/mol. The van der Waals surface area contributed by atoms with Crippen LogP contribution in [0, 0.1) is 5.82 Å². The van der Waals surface area contributed by atoms with E-state index in [2.05, 4.69) is 25.4 Å².